The number of carbonyl (C=O) groups is 3. The molecule has 1 fully saturated rings. The minimum absolute atomic E-state index is 0.00442. The summed E-state index contributed by atoms with van der Waals surface area (Å²) in [4.78, 5) is 37.8. The summed E-state index contributed by atoms with van der Waals surface area (Å²) in [6.45, 7) is 6.60. The molecule has 2 rings (SSSR count). The molecule has 0 radical (unpaired) electrons. The van der Waals surface area contributed by atoms with Crippen LogP contribution < -0.4 is 10.6 Å². The van der Waals surface area contributed by atoms with Gasteiger partial charge in [0.15, 0.2) is 0 Å². The third-order valence-corrected chi connectivity index (χ3v) is 4.04. The van der Waals surface area contributed by atoms with Crippen LogP contribution in [0, 0.1) is 5.92 Å². The van der Waals surface area contributed by atoms with Crippen LogP contribution in [0.2, 0.25) is 0 Å². The average molecular weight is 345 g/mol. The van der Waals surface area contributed by atoms with Gasteiger partial charge in [0, 0.05) is 25.0 Å². The number of rotatable bonds is 6. The molecule has 0 saturated carbocycles. The number of hydrogen-bond acceptors (Lipinski definition) is 3. The minimum atomic E-state index is -0.384. The Labute approximate surface area is 149 Å². The lowest BCUT2D eigenvalue weighted by atomic mass is 10.1. The molecule has 0 spiro atoms. The number of likely N-dealkylation sites (tertiary alicyclic amines) is 1. The molecule has 0 unspecified atom stereocenters. The topological polar surface area (TPSA) is 78.5 Å². The second-order valence-electron chi connectivity index (χ2n) is 7.49. The maximum Gasteiger partial charge on any atom is 0.239 e. The van der Waals surface area contributed by atoms with Gasteiger partial charge in [0.1, 0.15) is 0 Å². The molecule has 136 valence electrons. The van der Waals surface area contributed by atoms with Gasteiger partial charge in [-0.2, -0.15) is 0 Å². The third kappa shape index (κ3) is 6.21. The zero-order chi connectivity index (χ0) is 18.4. The molecule has 0 bridgehead atoms. The highest BCUT2D eigenvalue weighted by Gasteiger charge is 2.34. The summed E-state index contributed by atoms with van der Waals surface area (Å²) in [6, 6.07) is 9.96. The van der Waals surface area contributed by atoms with Crippen molar-refractivity contribution < 1.29 is 14.4 Å². The van der Waals surface area contributed by atoms with Crippen molar-refractivity contribution in [3.05, 3.63) is 35.9 Å². The van der Waals surface area contributed by atoms with E-state index in [2.05, 4.69) is 10.6 Å². The van der Waals surface area contributed by atoms with E-state index in [0.29, 0.717) is 13.1 Å². The largest absolute Gasteiger partial charge is 0.350 e. The number of hydrogen-bond donors (Lipinski definition) is 2. The molecule has 1 aliphatic rings. The normalized spacial score (nSPS) is 17.5. The molecule has 25 heavy (non-hydrogen) atoms. The van der Waals surface area contributed by atoms with Crippen LogP contribution in [-0.2, 0) is 20.8 Å². The van der Waals surface area contributed by atoms with Gasteiger partial charge < -0.3 is 15.5 Å². The number of amides is 3. The van der Waals surface area contributed by atoms with E-state index in [1.165, 1.54) is 5.56 Å². The smallest absolute Gasteiger partial charge is 0.239 e. The Morgan fingerprint density at radius 2 is 1.88 bits per heavy atom. The van der Waals surface area contributed by atoms with E-state index >= 15 is 0 Å². The lowest BCUT2D eigenvalue weighted by Crippen LogP contribution is -2.46. The second kappa shape index (κ2) is 8.14. The van der Waals surface area contributed by atoms with Gasteiger partial charge >= 0.3 is 0 Å². The Morgan fingerprint density at radius 1 is 1.20 bits per heavy atom. The summed E-state index contributed by atoms with van der Waals surface area (Å²) in [5.41, 5.74) is 0.835. The first-order chi connectivity index (χ1) is 11.7. The van der Waals surface area contributed by atoms with Crippen LogP contribution in [0.3, 0.4) is 0 Å². The standard InChI is InChI=1S/C19H27N3O3/c1-19(2,3)21-16(23)12-20-18(25)15-11-17(24)22(13-15)10-9-14-7-5-4-6-8-14/h4-8,15H,9-13H2,1-3H3,(H,20,25)(H,21,23)/t15-/m1/s1. The zero-order valence-corrected chi connectivity index (χ0v) is 15.2. The SMILES string of the molecule is CC(C)(C)NC(=O)CNC(=O)[C@@H]1CC(=O)N(CCc2ccccc2)C1. The lowest BCUT2D eigenvalue weighted by Gasteiger charge is -2.21. The highest BCUT2D eigenvalue weighted by atomic mass is 16.2. The van der Waals surface area contributed by atoms with Crippen molar-refractivity contribution in [3.8, 4) is 0 Å². The average Bonchev–Trinajstić information content (AvgIpc) is 2.91. The molecular formula is C19H27N3O3. The summed E-state index contributed by atoms with van der Waals surface area (Å²) >= 11 is 0. The first-order valence-corrected chi connectivity index (χ1v) is 8.65. The summed E-state index contributed by atoms with van der Waals surface area (Å²) in [5.74, 6) is -0.855. The predicted octanol–water partition coefficient (Wildman–Crippen LogP) is 1.11. The summed E-state index contributed by atoms with van der Waals surface area (Å²) < 4.78 is 0. The fraction of sp³-hybridized carbons (Fsp3) is 0.526. The Kier molecular flexibility index (Phi) is 6.17. The van der Waals surface area contributed by atoms with Crippen LogP contribution >= 0.6 is 0 Å². The summed E-state index contributed by atoms with van der Waals surface area (Å²) in [5, 5.41) is 5.42. The van der Waals surface area contributed by atoms with Gasteiger partial charge in [-0.25, -0.2) is 0 Å². The Balaban J connectivity index is 1.77. The minimum Gasteiger partial charge on any atom is -0.350 e. The molecule has 1 aromatic rings. The van der Waals surface area contributed by atoms with Crippen LogP contribution in [0.15, 0.2) is 30.3 Å². The van der Waals surface area contributed by atoms with Crippen molar-refractivity contribution in [2.45, 2.75) is 39.2 Å². The van der Waals surface area contributed by atoms with Gasteiger partial charge in [0.2, 0.25) is 17.7 Å². The van der Waals surface area contributed by atoms with Gasteiger partial charge in [-0.3, -0.25) is 14.4 Å². The Morgan fingerprint density at radius 3 is 2.52 bits per heavy atom. The van der Waals surface area contributed by atoms with Gasteiger partial charge in [0.25, 0.3) is 0 Å². The highest BCUT2D eigenvalue weighted by molar-refractivity contribution is 5.91. The number of nitrogens with one attached hydrogen (secondary N) is 2. The van der Waals surface area contributed by atoms with Crippen LogP contribution in [0.5, 0.6) is 0 Å². The lowest BCUT2D eigenvalue weighted by molar-refractivity contribution is -0.129. The molecule has 2 N–H and O–H groups in total. The van der Waals surface area contributed by atoms with Crippen LogP contribution in [-0.4, -0.2) is 47.8 Å². The molecule has 1 aromatic carbocycles. The molecule has 1 saturated heterocycles. The fourth-order valence-electron chi connectivity index (χ4n) is 2.85. The van der Waals surface area contributed by atoms with E-state index in [9.17, 15) is 14.4 Å². The van der Waals surface area contributed by atoms with Crippen LogP contribution in [0.1, 0.15) is 32.8 Å². The molecule has 3 amide bonds. The van der Waals surface area contributed by atoms with Crippen molar-refractivity contribution >= 4 is 17.7 Å². The van der Waals surface area contributed by atoms with Crippen molar-refractivity contribution in [1.82, 2.24) is 15.5 Å². The van der Waals surface area contributed by atoms with Crippen molar-refractivity contribution in [2.75, 3.05) is 19.6 Å². The number of nitrogens with zero attached hydrogens (tertiary/aromatic N) is 1. The highest BCUT2D eigenvalue weighted by Crippen LogP contribution is 2.18. The van der Waals surface area contributed by atoms with E-state index in [0.717, 1.165) is 6.42 Å². The van der Waals surface area contributed by atoms with Gasteiger partial charge in [-0.1, -0.05) is 30.3 Å². The quantitative estimate of drug-likeness (QED) is 0.811. The first kappa shape index (κ1) is 19.0. The predicted molar refractivity (Wildman–Crippen MR) is 95.7 cm³/mol. The number of carbonyl (C=O) groups excluding carboxylic acids is 3. The zero-order valence-electron chi connectivity index (χ0n) is 15.2. The second-order valence-corrected chi connectivity index (χ2v) is 7.49. The fourth-order valence-corrected chi connectivity index (χ4v) is 2.85. The molecule has 0 aromatic heterocycles. The molecule has 1 heterocycles. The summed E-state index contributed by atoms with van der Waals surface area (Å²) in [7, 11) is 0. The van der Waals surface area contributed by atoms with Crippen molar-refractivity contribution in [1.29, 1.82) is 0 Å². The van der Waals surface area contributed by atoms with Crippen molar-refractivity contribution in [3.63, 3.8) is 0 Å². The van der Waals surface area contributed by atoms with E-state index in [1.807, 2.05) is 51.1 Å². The van der Waals surface area contributed by atoms with Gasteiger partial charge in [0.05, 0.1) is 12.5 Å². The molecule has 1 aliphatic heterocycles. The molecule has 0 aliphatic carbocycles. The van der Waals surface area contributed by atoms with Crippen molar-refractivity contribution in [2.24, 2.45) is 5.92 Å². The van der Waals surface area contributed by atoms with Crippen LogP contribution in [0.4, 0.5) is 0 Å². The Hall–Kier alpha value is -2.37. The maximum atomic E-state index is 12.2. The number of benzene rings is 1. The molecule has 6 nitrogen and oxygen atoms in total. The third-order valence-electron chi connectivity index (χ3n) is 4.04. The molecule has 1 atom stereocenters. The Bertz CT molecular complexity index is 623. The maximum absolute atomic E-state index is 12.2. The van der Waals surface area contributed by atoms with E-state index in [1.54, 1.807) is 4.90 Å². The summed E-state index contributed by atoms with van der Waals surface area (Å²) in [6.07, 6.45) is 0.983. The van der Waals surface area contributed by atoms with Gasteiger partial charge in [-0.05, 0) is 32.8 Å². The first-order valence-electron chi connectivity index (χ1n) is 8.65. The van der Waals surface area contributed by atoms with E-state index < -0.39 is 0 Å². The van der Waals surface area contributed by atoms with E-state index in [-0.39, 0.29) is 42.1 Å². The van der Waals surface area contributed by atoms with Crippen LogP contribution in [0.25, 0.3) is 0 Å². The van der Waals surface area contributed by atoms with Gasteiger partial charge in [-0.15, -0.1) is 0 Å². The molecule has 6 heteroatoms. The monoisotopic (exact) mass is 345 g/mol. The molecular weight excluding hydrogens is 318 g/mol. The van der Waals surface area contributed by atoms with E-state index in [4.69, 9.17) is 0 Å².